The average molecular weight is 178 g/mol. The highest BCUT2D eigenvalue weighted by atomic mass is 16.7. The van der Waals surface area contributed by atoms with Crippen molar-refractivity contribution in [3.8, 4) is 11.5 Å². The van der Waals surface area contributed by atoms with Gasteiger partial charge in [-0.15, -0.1) is 0 Å². The van der Waals surface area contributed by atoms with Crippen LogP contribution in [-0.4, -0.2) is 6.79 Å². The molecule has 1 aliphatic heterocycles. The van der Waals surface area contributed by atoms with Gasteiger partial charge >= 0.3 is 0 Å². The summed E-state index contributed by atoms with van der Waals surface area (Å²) in [7, 11) is 0. The largest absolute Gasteiger partial charge is 0.454 e. The number of ether oxygens (including phenoxy) is 2. The minimum absolute atomic E-state index is 0.116. The Hall–Kier alpha value is -1.58. The molecule has 0 radical (unpaired) electrons. The lowest BCUT2D eigenvalue weighted by Crippen LogP contribution is -1.93. The van der Waals surface area contributed by atoms with E-state index in [9.17, 15) is 0 Å². The predicted octanol–water partition coefficient (Wildman–Crippen LogP) is 2.51. The van der Waals surface area contributed by atoms with Gasteiger partial charge in [-0.1, -0.05) is 6.07 Å². The molecule has 1 N–H and O–H groups in total. The van der Waals surface area contributed by atoms with Crippen molar-refractivity contribution in [2.24, 2.45) is 5.11 Å². The molecule has 0 fully saturated rings. The molecule has 1 aromatic rings. The second kappa shape index (κ2) is 3.05. The Labute approximate surface area is 76.0 Å². The highest BCUT2D eigenvalue weighted by Gasteiger charge is 2.14. The summed E-state index contributed by atoms with van der Waals surface area (Å²) in [6.07, 6.45) is 0. The van der Waals surface area contributed by atoms with Crippen LogP contribution in [0.1, 0.15) is 18.5 Å². The number of hydrogen-bond acceptors (Lipinski definition) is 4. The molecule has 2 rings (SSSR count). The van der Waals surface area contributed by atoms with Crippen molar-refractivity contribution in [1.82, 2.24) is 0 Å². The van der Waals surface area contributed by atoms with E-state index < -0.39 is 0 Å². The maximum atomic E-state index is 6.90. The summed E-state index contributed by atoms with van der Waals surface area (Å²) < 4.78 is 10.4. The van der Waals surface area contributed by atoms with Gasteiger partial charge in [0.15, 0.2) is 11.5 Å². The van der Waals surface area contributed by atoms with E-state index in [0.29, 0.717) is 0 Å². The zero-order valence-corrected chi connectivity index (χ0v) is 7.28. The molecular weight excluding hydrogens is 168 g/mol. The quantitative estimate of drug-likeness (QED) is 0.707. The van der Waals surface area contributed by atoms with E-state index in [1.165, 1.54) is 0 Å². The van der Waals surface area contributed by atoms with Crippen LogP contribution in [0.5, 0.6) is 11.5 Å². The molecule has 0 aliphatic carbocycles. The monoisotopic (exact) mass is 178 g/mol. The van der Waals surface area contributed by atoms with E-state index in [2.05, 4.69) is 5.11 Å². The van der Waals surface area contributed by atoms with Gasteiger partial charge in [0.05, 0.1) is 6.04 Å². The lowest BCUT2D eigenvalue weighted by atomic mass is 10.1. The number of nitrogens with one attached hydrogen (secondary N) is 1. The van der Waals surface area contributed by atoms with E-state index >= 15 is 0 Å². The van der Waals surface area contributed by atoms with Crippen LogP contribution in [0.25, 0.3) is 0 Å². The molecule has 0 saturated heterocycles. The Kier molecular flexibility index (Phi) is 1.88. The molecule has 13 heavy (non-hydrogen) atoms. The van der Waals surface area contributed by atoms with Gasteiger partial charge in [0.1, 0.15) is 0 Å². The van der Waals surface area contributed by atoms with Crippen LogP contribution in [-0.2, 0) is 0 Å². The first-order chi connectivity index (χ1) is 6.31. The van der Waals surface area contributed by atoms with Crippen LogP contribution in [0, 0.1) is 5.53 Å². The number of benzene rings is 1. The summed E-state index contributed by atoms with van der Waals surface area (Å²) >= 11 is 0. The third kappa shape index (κ3) is 1.35. The van der Waals surface area contributed by atoms with Crippen LogP contribution in [0.2, 0.25) is 0 Å². The smallest absolute Gasteiger partial charge is 0.231 e. The topological polar surface area (TPSA) is 54.7 Å². The van der Waals surface area contributed by atoms with Gasteiger partial charge < -0.3 is 9.47 Å². The first-order valence-corrected chi connectivity index (χ1v) is 4.07. The molecule has 1 aromatic carbocycles. The molecule has 1 unspecified atom stereocenters. The molecule has 0 amide bonds. The van der Waals surface area contributed by atoms with Crippen LogP contribution in [0.4, 0.5) is 0 Å². The van der Waals surface area contributed by atoms with Crippen molar-refractivity contribution in [3.05, 3.63) is 23.8 Å². The SMILES string of the molecule is CC(N=N)c1ccc2c(c1)OCO2. The highest BCUT2D eigenvalue weighted by Crippen LogP contribution is 2.34. The fourth-order valence-corrected chi connectivity index (χ4v) is 1.25. The first-order valence-electron chi connectivity index (χ1n) is 4.07. The van der Waals surface area contributed by atoms with Crippen molar-refractivity contribution in [2.45, 2.75) is 13.0 Å². The molecule has 4 heteroatoms. The molecule has 68 valence electrons. The molecule has 1 aliphatic rings. The van der Waals surface area contributed by atoms with Crippen LogP contribution in [0.3, 0.4) is 0 Å². The second-order valence-electron chi connectivity index (χ2n) is 2.92. The third-order valence-corrected chi connectivity index (χ3v) is 2.07. The van der Waals surface area contributed by atoms with Gasteiger partial charge in [-0.3, -0.25) is 0 Å². The zero-order valence-electron chi connectivity index (χ0n) is 7.28. The van der Waals surface area contributed by atoms with Gasteiger partial charge in [0, 0.05) is 0 Å². The van der Waals surface area contributed by atoms with E-state index in [-0.39, 0.29) is 12.8 Å². The molecule has 0 aromatic heterocycles. The predicted molar refractivity (Wildman–Crippen MR) is 46.1 cm³/mol. The van der Waals surface area contributed by atoms with Crippen LogP contribution >= 0.6 is 0 Å². The van der Waals surface area contributed by atoms with Crippen molar-refractivity contribution < 1.29 is 9.47 Å². The fourth-order valence-electron chi connectivity index (χ4n) is 1.25. The molecule has 0 saturated carbocycles. The van der Waals surface area contributed by atoms with Crippen molar-refractivity contribution >= 4 is 0 Å². The summed E-state index contributed by atoms with van der Waals surface area (Å²) in [6, 6.07) is 5.50. The molecule has 1 heterocycles. The maximum absolute atomic E-state index is 6.90. The Morgan fingerprint density at radius 3 is 2.92 bits per heavy atom. The molecule has 4 nitrogen and oxygen atoms in total. The summed E-state index contributed by atoms with van der Waals surface area (Å²) in [6.45, 7) is 2.15. The van der Waals surface area contributed by atoms with Gasteiger partial charge in [0.25, 0.3) is 0 Å². The normalized spacial score (nSPS) is 15.5. The Morgan fingerprint density at radius 1 is 1.38 bits per heavy atom. The summed E-state index contributed by atoms with van der Waals surface area (Å²) in [5.41, 5.74) is 7.87. The first kappa shape index (κ1) is 8.04. The zero-order chi connectivity index (χ0) is 9.26. The van der Waals surface area contributed by atoms with Gasteiger partial charge in [-0.2, -0.15) is 5.11 Å². The summed E-state index contributed by atoms with van der Waals surface area (Å²) in [5.74, 6) is 1.51. The number of hydrogen-bond donors (Lipinski definition) is 1. The highest BCUT2D eigenvalue weighted by molar-refractivity contribution is 5.45. The molecular formula is C9H10N2O2. The minimum Gasteiger partial charge on any atom is -0.454 e. The maximum Gasteiger partial charge on any atom is 0.231 e. The summed E-state index contributed by atoms with van der Waals surface area (Å²) in [5, 5.41) is 3.44. The van der Waals surface area contributed by atoms with Crippen molar-refractivity contribution in [2.75, 3.05) is 6.79 Å². The lowest BCUT2D eigenvalue weighted by molar-refractivity contribution is 0.174. The second-order valence-corrected chi connectivity index (χ2v) is 2.92. The van der Waals surface area contributed by atoms with E-state index in [1.807, 2.05) is 25.1 Å². The molecule has 0 spiro atoms. The van der Waals surface area contributed by atoms with Crippen LogP contribution < -0.4 is 9.47 Å². The minimum atomic E-state index is -0.116. The fraction of sp³-hybridized carbons (Fsp3) is 0.333. The van der Waals surface area contributed by atoms with Crippen molar-refractivity contribution in [3.63, 3.8) is 0 Å². The average Bonchev–Trinajstić information content (AvgIpc) is 2.63. The number of rotatable bonds is 2. The Bertz CT molecular complexity index is 338. The van der Waals surface area contributed by atoms with E-state index in [1.54, 1.807) is 0 Å². The Balaban J connectivity index is 2.35. The molecule has 0 bridgehead atoms. The lowest BCUT2D eigenvalue weighted by Gasteiger charge is -2.04. The summed E-state index contributed by atoms with van der Waals surface area (Å²) in [4.78, 5) is 0. The number of fused-ring (bicyclic) bond motifs is 1. The Morgan fingerprint density at radius 2 is 2.15 bits per heavy atom. The number of nitrogens with zero attached hydrogens (tertiary/aromatic N) is 1. The van der Waals surface area contributed by atoms with Gasteiger partial charge in [-0.05, 0) is 24.6 Å². The standard InChI is InChI=1S/C9H10N2O2/c1-6(11-10)7-2-3-8-9(4-7)13-5-12-8/h2-4,6,10H,5H2,1H3. The van der Waals surface area contributed by atoms with Crippen LogP contribution in [0.15, 0.2) is 23.3 Å². The third-order valence-electron chi connectivity index (χ3n) is 2.07. The van der Waals surface area contributed by atoms with Gasteiger partial charge in [-0.25, -0.2) is 5.53 Å². The van der Waals surface area contributed by atoms with E-state index in [4.69, 9.17) is 15.0 Å². The van der Waals surface area contributed by atoms with Gasteiger partial charge in [0.2, 0.25) is 6.79 Å². The van der Waals surface area contributed by atoms with Crippen molar-refractivity contribution in [1.29, 1.82) is 5.53 Å². The molecule has 1 atom stereocenters. The van der Waals surface area contributed by atoms with E-state index in [0.717, 1.165) is 17.1 Å².